The number of carbonyl (C=O) groups excluding carboxylic acids is 2. The van der Waals surface area contributed by atoms with E-state index in [9.17, 15) is 28.3 Å². The van der Waals surface area contributed by atoms with Gasteiger partial charge in [-0.1, -0.05) is 13.0 Å². The molecule has 30 heavy (non-hydrogen) atoms. The zero-order chi connectivity index (χ0) is 21.6. The van der Waals surface area contributed by atoms with Gasteiger partial charge in [-0.2, -0.15) is 0 Å². The maximum atomic E-state index is 13.8. The molecule has 1 aromatic carbocycles. The van der Waals surface area contributed by atoms with Gasteiger partial charge < -0.3 is 19.9 Å². The molecule has 2 amide bonds. The number of benzene rings is 1. The molecule has 158 valence electrons. The van der Waals surface area contributed by atoms with Crippen molar-refractivity contribution in [2.45, 2.75) is 37.8 Å². The van der Waals surface area contributed by atoms with Crippen molar-refractivity contribution in [2.75, 3.05) is 5.75 Å². The second-order valence-corrected chi connectivity index (χ2v) is 8.41. The summed E-state index contributed by atoms with van der Waals surface area (Å²) >= 11 is 1.61. The van der Waals surface area contributed by atoms with E-state index in [1.807, 2.05) is 6.92 Å². The van der Waals surface area contributed by atoms with E-state index in [1.54, 1.807) is 16.7 Å². The summed E-state index contributed by atoms with van der Waals surface area (Å²) in [7, 11) is 0. The highest BCUT2D eigenvalue weighted by Crippen LogP contribution is 2.37. The quantitative estimate of drug-likeness (QED) is 0.767. The molecule has 1 aromatic heterocycles. The molecular weight excluding hydrogens is 416 g/mol. The highest BCUT2D eigenvalue weighted by molar-refractivity contribution is 8.00. The molecule has 2 N–H and O–H groups in total. The summed E-state index contributed by atoms with van der Waals surface area (Å²) in [5, 5.41) is 12.7. The van der Waals surface area contributed by atoms with Gasteiger partial charge >= 0.3 is 0 Å². The fraction of sp³-hybridized carbons (Fsp3) is 0.350. The first-order valence-electron chi connectivity index (χ1n) is 9.44. The van der Waals surface area contributed by atoms with Crippen molar-refractivity contribution in [2.24, 2.45) is 0 Å². The van der Waals surface area contributed by atoms with Gasteiger partial charge in [0.15, 0.2) is 11.4 Å². The van der Waals surface area contributed by atoms with E-state index in [4.69, 9.17) is 0 Å². The SMILES string of the molecule is CC[C@@H]1CSC2Cn3cc(C(=O)NCc4ccc(F)cc4F)c(=O)c(O)c3C(=O)N21. The molecule has 2 aromatic rings. The summed E-state index contributed by atoms with van der Waals surface area (Å²) in [6.45, 7) is 2.04. The highest BCUT2D eigenvalue weighted by atomic mass is 32.2. The molecule has 0 aliphatic carbocycles. The second-order valence-electron chi connectivity index (χ2n) is 7.20. The van der Waals surface area contributed by atoms with Crippen LogP contribution in [0.3, 0.4) is 0 Å². The molecule has 0 spiro atoms. The van der Waals surface area contributed by atoms with Crippen molar-refractivity contribution in [3.05, 3.63) is 63.1 Å². The molecule has 2 atom stereocenters. The monoisotopic (exact) mass is 435 g/mol. The number of fused-ring (bicyclic) bond motifs is 2. The fourth-order valence-corrected chi connectivity index (χ4v) is 5.31. The van der Waals surface area contributed by atoms with Gasteiger partial charge in [0.05, 0.1) is 11.9 Å². The predicted molar refractivity (Wildman–Crippen MR) is 106 cm³/mol. The minimum Gasteiger partial charge on any atom is -0.503 e. The van der Waals surface area contributed by atoms with Gasteiger partial charge in [-0.15, -0.1) is 11.8 Å². The van der Waals surface area contributed by atoms with Crippen LogP contribution in [0.2, 0.25) is 0 Å². The molecule has 1 unspecified atom stereocenters. The van der Waals surface area contributed by atoms with Gasteiger partial charge in [-0.05, 0) is 12.5 Å². The first kappa shape index (κ1) is 20.4. The number of hydrogen-bond acceptors (Lipinski definition) is 5. The van der Waals surface area contributed by atoms with Crippen molar-refractivity contribution < 1.29 is 23.5 Å². The molecule has 2 aliphatic heterocycles. The Balaban J connectivity index is 1.62. The summed E-state index contributed by atoms with van der Waals surface area (Å²) < 4.78 is 28.2. The number of amides is 2. The van der Waals surface area contributed by atoms with Crippen LogP contribution < -0.4 is 10.7 Å². The van der Waals surface area contributed by atoms with E-state index >= 15 is 0 Å². The zero-order valence-corrected chi connectivity index (χ0v) is 16.8. The normalized spacial score (nSPS) is 20.1. The second kappa shape index (κ2) is 7.75. The van der Waals surface area contributed by atoms with Crippen LogP contribution in [0.15, 0.2) is 29.2 Å². The van der Waals surface area contributed by atoms with Crippen LogP contribution >= 0.6 is 11.8 Å². The van der Waals surface area contributed by atoms with Gasteiger partial charge in [0.25, 0.3) is 11.8 Å². The van der Waals surface area contributed by atoms with Gasteiger partial charge in [-0.3, -0.25) is 14.4 Å². The molecule has 1 fully saturated rings. The number of thioether (sulfide) groups is 1. The molecular formula is C20H19F2N3O4S. The lowest BCUT2D eigenvalue weighted by atomic mass is 10.1. The molecule has 7 nitrogen and oxygen atoms in total. The minimum absolute atomic E-state index is 0.0318. The summed E-state index contributed by atoms with van der Waals surface area (Å²) in [5.41, 5.74) is -1.40. The molecule has 0 saturated carbocycles. The van der Waals surface area contributed by atoms with Crippen molar-refractivity contribution in [1.82, 2.24) is 14.8 Å². The Kier molecular flexibility index (Phi) is 5.27. The molecule has 0 bridgehead atoms. The molecule has 3 heterocycles. The topological polar surface area (TPSA) is 91.6 Å². The first-order chi connectivity index (χ1) is 14.3. The lowest BCUT2D eigenvalue weighted by Crippen LogP contribution is -2.48. The third kappa shape index (κ3) is 3.34. The molecule has 1 saturated heterocycles. The Hall–Kier alpha value is -2.88. The van der Waals surface area contributed by atoms with Crippen molar-refractivity contribution in [1.29, 1.82) is 0 Å². The van der Waals surface area contributed by atoms with Crippen molar-refractivity contribution in [3.63, 3.8) is 0 Å². The number of pyridine rings is 1. The number of nitrogens with zero attached hydrogens (tertiary/aromatic N) is 2. The standard InChI is InChI=1S/C20H19F2N3O4S/c1-2-12-9-30-15-8-24-7-13(17(26)18(27)16(24)20(29)25(12)15)19(28)23-6-10-3-4-11(21)5-14(10)22/h3-5,7,12,15,27H,2,6,8-9H2,1H3,(H,23,28)/t12-,15?/m1/s1. The van der Waals surface area contributed by atoms with Crippen LogP contribution in [0.4, 0.5) is 8.78 Å². The lowest BCUT2D eigenvalue weighted by molar-refractivity contribution is 0.0615. The maximum Gasteiger partial charge on any atom is 0.275 e. The van der Waals surface area contributed by atoms with Crippen LogP contribution in [-0.4, -0.2) is 43.6 Å². The van der Waals surface area contributed by atoms with Crippen LogP contribution in [0.25, 0.3) is 0 Å². The first-order valence-corrected chi connectivity index (χ1v) is 10.5. The smallest absolute Gasteiger partial charge is 0.275 e. The Morgan fingerprint density at radius 2 is 2.10 bits per heavy atom. The number of hydrogen-bond donors (Lipinski definition) is 2. The Labute approximate surface area is 174 Å². The van der Waals surface area contributed by atoms with Crippen molar-refractivity contribution in [3.8, 4) is 5.75 Å². The van der Waals surface area contributed by atoms with Gasteiger partial charge in [0.1, 0.15) is 17.2 Å². The van der Waals surface area contributed by atoms with E-state index in [1.165, 1.54) is 16.8 Å². The van der Waals surface area contributed by atoms with Gasteiger partial charge in [0.2, 0.25) is 5.43 Å². The van der Waals surface area contributed by atoms with E-state index in [0.29, 0.717) is 12.6 Å². The molecule has 2 aliphatic rings. The minimum atomic E-state index is -0.968. The van der Waals surface area contributed by atoms with Crippen molar-refractivity contribution >= 4 is 23.6 Å². The predicted octanol–water partition coefficient (Wildman–Crippen LogP) is 2.07. The number of carbonyl (C=O) groups is 2. The largest absolute Gasteiger partial charge is 0.503 e. The molecule has 10 heteroatoms. The average Bonchev–Trinajstić information content (AvgIpc) is 3.13. The summed E-state index contributed by atoms with van der Waals surface area (Å²) in [6.07, 6.45) is 2.02. The number of aromatic nitrogens is 1. The zero-order valence-electron chi connectivity index (χ0n) is 16.0. The van der Waals surface area contributed by atoms with E-state index in [0.717, 1.165) is 18.2 Å². The Morgan fingerprint density at radius 3 is 2.80 bits per heavy atom. The number of nitrogens with one attached hydrogen (secondary N) is 1. The number of aromatic hydroxyl groups is 1. The third-order valence-corrected chi connectivity index (χ3v) is 6.74. The van der Waals surface area contributed by atoms with Crippen LogP contribution in [0.5, 0.6) is 5.75 Å². The summed E-state index contributed by atoms with van der Waals surface area (Å²) in [5.74, 6) is -2.83. The summed E-state index contributed by atoms with van der Waals surface area (Å²) in [6, 6.07) is 2.98. The molecule has 4 rings (SSSR count). The third-order valence-electron chi connectivity index (χ3n) is 5.40. The average molecular weight is 435 g/mol. The maximum absolute atomic E-state index is 13.8. The number of rotatable bonds is 4. The highest BCUT2D eigenvalue weighted by Gasteiger charge is 2.43. The van der Waals surface area contributed by atoms with Crippen LogP contribution in [0, 0.1) is 11.6 Å². The van der Waals surface area contributed by atoms with Gasteiger partial charge in [-0.25, -0.2) is 8.78 Å². The van der Waals surface area contributed by atoms with E-state index in [2.05, 4.69) is 5.32 Å². The van der Waals surface area contributed by atoms with E-state index in [-0.39, 0.29) is 34.8 Å². The Morgan fingerprint density at radius 1 is 1.33 bits per heavy atom. The fourth-order valence-electron chi connectivity index (χ4n) is 3.78. The van der Waals surface area contributed by atoms with Crippen LogP contribution in [0.1, 0.15) is 39.8 Å². The lowest BCUT2D eigenvalue weighted by Gasteiger charge is -2.35. The van der Waals surface area contributed by atoms with Gasteiger partial charge in [0, 0.05) is 36.2 Å². The van der Waals surface area contributed by atoms with E-state index < -0.39 is 34.6 Å². The summed E-state index contributed by atoms with van der Waals surface area (Å²) in [4.78, 5) is 39.7. The Bertz CT molecular complexity index is 1100. The van der Waals surface area contributed by atoms with Crippen LogP contribution in [-0.2, 0) is 13.1 Å². The molecule has 0 radical (unpaired) electrons. The number of halogens is 2.